The van der Waals surface area contributed by atoms with E-state index in [0.717, 1.165) is 61.5 Å². The van der Waals surface area contributed by atoms with Crippen LogP contribution in [-0.4, -0.2) is 59.3 Å². The monoisotopic (exact) mass is 420 g/mol. The number of carbonyl (C=O) groups is 2. The van der Waals surface area contributed by atoms with Gasteiger partial charge in [-0.05, 0) is 49.3 Å². The van der Waals surface area contributed by atoms with Crippen molar-refractivity contribution in [1.29, 1.82) is 0 Å². The van der Waals surface area contributed by atoms with Gasteiger partial charge in [0.1, 0.15) is 0 Å². The van der Waals surface area contributed by atoms with Gasteiger partial charge in [-0.15, -0.1) is 0 Å². The van der Waals surface area contributed by atoms with Crippen molar-refractivity contribution in [3.63, 3.8) is 0 Å². The first-order valence-electron chi connectivity index (χ1n) is 11.2. The van der Waals surface area contributed by atoms with Crippen LogP contribution >= 0.6 is 0 Å². The van der Waals surface area contributed by atoms with Crippen LogP contribution in [0.4, 0.5) is 0 Å². The Kier molecular flexibility index (Phi) is 6.37. The second kappa shape index (κ2) is 9.18. The number of benzene rings is 1. The van der Waals surface area contributed by atoms with E-state index in [4.69, 9.17) is 0 Å². The first kappa shape index (κ1) is 21.5. The Morgan fingerprint density at radius 1 is 1.06 bits per heavy atom. The van der Waals surface area contributed by atoms with E-state index in [1.54, 1.807) is 13.1 Å². The number of hydrogen-bond acceptors (Lipinski definition) is 4. The van der Waals surface area contributed by atoms with Gasteiger partial charge < -0.3 is 15.1 Å². The molecule has 164 valence electrons. The number of hydrogen-bond donors (Lipinski definition) is 1. The van der Waals surface area contributed by atoms with Crippen LogP contribution in [-0.2, 0) is 4.79 Å². The van der Waals surface area contributed by atoms with E-state index < -0.39 is 0 Å². The number of rotatable bonds is 6. The highest BCUT2D eigenvalue weighted by Gasteiger charge is 2.42. The molecule has 2 aliphatic heterocycles. The molecule has 1 aromatic heterocycles. The number of nitrogens with one attached hydrogen (secondary N) is 1. The number of carbonyl (C=O) groups excluding carboxylic acids is 2. The molecule has 4 rings (SSSR count). The predicted molar refractivity (Wildman–Crippen MR) is 121 cm³/mol. The Labute approximate surface area is 184 Å². The van der Waals surface area contributed by atoms with E-state index in [9.17, 15) is 9.59 Å². The smallest absolute Gasteiger partial charge is 0.255 e. The van der Waals surface area contributed by atoms with Gasteiger partial charge in [-0.1, -0.05) is 30.3 Å². The van der Waals surface area contributed by atoms with Crippen LogP contribution in [0.25, 0.3) is 0 Å². The first-order chi connectivity index (χ1) is 14.9. The summed E-state index contributed by atoms with van der Waals surface area (Å²) in [4.78, 5) is 33.6. The molecule has 6 nitrogen and oxygen atoms in total. The third-order valence-electron chi connectivity index (χ3n) is 6.73. The van der Waals surface area contributed by atoms with Gasteiger partial charge in [-0.25, -0.2) is 0 Å². The van der Waals surface area contributed by atoms with Gasteiger partial charge in [-0.3, -0.25) is 14.6 Å². The predicted octanol–water partition coefficient (Wildman–Crippen LogP) is 2.97. The summed E-state index contributed by atoms with van der Waals surface area (Å²) in [7, 11) is 0. The summed E-state index contributed by atoms with van der Waals surface area (Å²) in [6.45, 7) is 10.1. The number of likely N-dealkylation sites (tertiary alicyclic amines) is 2. The maximum Gasteiger partial charge on any atom is 0.255 e. The quantitative estimate of drug-likeness (QED) is 0.780. The van der Waals surface area contributed by atoms with Crippen LogP contribution in [0, 0.1) is 25.7 Å². The molecule has 2 saturated heterocycles. The van der Waals surface area contributed by atoms with Gasteiger partial charge in [0, 0.05) is 45.8 Å². The molecule has 0 radical (unpaired) electrons. The minimum atomic E-state index is 0.00212. The van der Waals surface area contributed by atoms with E-state index in [1.807, 2.05) is 43.0 Å². The van der Waals surface area contributed by atoms with Crippen molar-refractivity contribution < 1.29 is 9.59 Å². The van der Waals surface area contributed by atoms with Gasteiger partial charge in [0.15, 0.2) is 0 Å². The Bertz CT molecular complexity index is 912. The van der Waals surface area contributed by atoms with E-state index in [0.29, 0.717) is 11.8 Å². The maximum absolute atomic E-state index is 13.1. The number of aryl methyl sites for hydroxylation is 2. The highest BCUT2D eigenvalue weighted by Crippen LogP contribution is 2.33. The van der Waals surface area contributed by atoms with E-state index in [-0.39, 0.29) is 17.9 Å². The summed E-state index contributed by atoms with van der Waals surface area (Å²) >= 11 is 0. The fraction of sp³-hybridized carbons (Fsp3) is 0.480. The fourth-order valence-corrected chi connectivity index (χ4v) is 5.18. The second-order valence-electron chi connectivity index (χ2n) is 9.03. The molecule has 0 saturated carbocycles. The van der Waals surface area contributed by atoms with Crippen molar-refractivity contribution >= 4 is 11.8 Å². The molecular weight excluding hydrogens is 388 g/mol. The molecule has 0 aliphatic carbocycles. The summed E-state index contributed by atoms with van der Waals surface area (Å²) in [6.07, 6.45) is 2.65. The van der Waals surface area contributed by atoms with Crippen molar-refractivity contribution in [3.8, 4) is 0 Å². The normalized spacial score (nSPS) is 21.7. The van der Waals surface area contributed by atoms with E-state index >= 15 is 0 Å². The van der Waals surface area contributed by atoms with Crippen molar-refractivity contribution in [3.05, 3.63) is 65.0 Å². The minimum Gasteiger partial charge on any atom is -0.349 e. The Balaban J connectivity index is 1.33. The summed E-state index contributed by atoms with van der Waals surface area (Å²) in [5.74, 6) is 1.18. The summed E-state index contributed by atoms with van der Waals surface area (Å²) in [5.41, 5.74) is 3.73. The lowest BCUT2D eigenvalue weighted by molar-refractivity contribution is -0.119. The summed E-state index contributed by atoms with van der Waals surface area (Å²) < 4.78 is 0. The lowest BCUT2D eigenvalue weighted by Gasteiger charge is -2.25. The van der Waals surface area contributed by atoms with Gasteiger partial charge in [0.2, 0.25) is 5.91 Å². The number of pyridine rings is 1. The molecule has 0 bridgehead atoms. The summed E-state index contributed by atoms with van der Waals surface area (Å²) in [5, 5.41) is 3.10. The molecule has 2 amide bonds. The largest absolute Gasteiger partial charge is 0.349 e. The highest BCUT2D eigenvalue weighted by atomic mass is 16.2. The zero-order chi connectivity index (χ0) is 22.0. The lowest BCUT2D eigenvalue weighted by Crippen LogP contribution is -2.35. The topological polar surface area (TPSA) is 65.5 Å². The van der Waals surface area contributed by atoms with Gasteiger partial charge in [-0.2, -0.15) is 0 Å². The average molecular weight is 421 g/mol. The minimum absolute atomic E-state index is 0.00212. The molecule has 1 aromatic carbocycles. The van der Waals surface area contributed by atoms with E-state index in [2.05, 4.69) is 27.3 Å². The Hall–Kier alpha value is -2.73. The molecule has 2 unspecified atom stereocenters. The van der Waals surface area contributed by atoms with Crippen LogP contribution in [0.1, 0.15) is 46.6 Å². The van der Waals surface area contributed by atoms with Crippen LogP contribution in [0.15, 0.2) is 42.6 Å². The van der Waals surface area contributed by atoms with Crippen LogP contribution in [0.2, 0.25) is 0 Å². The number of fused-ring (bicyclic) bond motifs is 1. The first-order valence-corrected chi connectivity index (χ1v) is 11.2. The van der Waals surface area contributed by atoms with E-state index in [1.165, 1.54) is 0 Å². The maximum atomic E-state index is 13.1. The number of nitrogens with zero attached hydrogens (tertiary/aromatic N) is 3. The third kappa shape index (κ3) is 4.79. The van der Waals surface area contributed by atoms with Crippen molar-refractivity contribution in [2.45, 2.75) is 33.2 Å². The molecule has 2 aromatic rings. The van der Waals surface area contributed by atoms with Crippen molar-refractivity contribution in [1.82, 2.24) is 20.1 Å². The molecule has 3 atom stereocenters. The Morgan fingerprint density at radius 3 is 2.35 bits per heavy atom. The zero-order valence-electron chi connectivity index (χ0n) is 18.7. The molecular formula is C25H32N4O2. The standard InChI is InChI=1S/C25H32N4O2/c1-17-9-11-26-18(2)24(17)25(31)29-15-21-13-28(14-22(21)16-29)12-10-23(27-19(3)30)20-7-5-4-6-8-20/h4-9,11,21-23H,10,12-16H2,1-3H3,(H,27,30)/t21-,22?,23?/m0/s1. The van der Waals surface area contributed by atoms with Gasteiger partial charge in [0.25, 0.3) is 5.91 Å². The lowest BCUT2D eigenvalue weighted by atomic mass is 10.0. The molecule has 2 aliphatic rings. The number of aromatic nitrogens is 1. The molecule has 6 heteroatoms. The number of amides is 2. The molecule has 2 fully saturated rings. The zero-order valence-corrected chi connectivity index (χ0v) is 18.7. The average Bonchev–Trinajstić information content (AvgIpc) is 3.30. The molecule has 3 heterocycles. The van der Waals surface area contributed by atoms with Crippen molar-refractivity contribution in [2.75, 3.05) is 32.7 Å². The molecule has 0 spiro atoms. The van der Waals surface area contributed by atoms with Crippen LogP contribution in [0.5, 0.6) is 0 Å². The fourth-order valence-electron chi connectivity index (χ4n) is 5.18. The Morgan fingerprint density at radius 2 is 1.74 bits per heavy atom. The van der Waals surface area contributed by atoms with Gasteiger partial charge in [0.05, 0.1) is 17.3 Å². The van der Waals surface area contributed by atoms with Crippen molar-refractivity contribution in [2.24, 2.45) is 11.8 Å². The van der Waals surface area contributed by atoms with Crippen LogP contribution in [0.3, 0.4) is 0 Å². The van der Waals surface area contributed by atoms with Gasteiger partial charge >= 0.3 is 0 Å². The highest BCUT2D eigenvalue weighted by molar-refractivity contribution is 5.96. The summed E-state index contributed by atoms with van der Waals surface area (Å²) in [6, 6.07) is 12.1. The van der Waals surface area contributed by atoms with Crippen LogP contribution < -0.4 is 5.32 Å². The second-order valence-corrected chi connectivity index (χ2v) is 9.03. The SMILES string of the molecule is CC(=O)NC(CCN1CC2CN(C(=O)c3c(C)ccnc3C)C[C@@H]2C1)c1ccccc1. The molecule has 1 N–H and O–H groups in total. The third-order valence-corrected chi connectivity index (χ3v) is 6.73. The molecule has 31 heavy (non-hydrogen) atoms.